The third kappa shape index (κ3) is 4.27. The zero-order chi connectivity index (χ0) is 23.0. The van der Waals surface area contributed by atoms with Crippen molar-refractivity contribution in [2.75, 3.05) is 26.2 Å². The van der Waals surface area contributed by atoms with E-state index in [1.165, 1.54) is 34.4 Å². The summed E-state index contributed by atoms with van der Waals surface area (Å²) in [6.07, 6.45) is 1.67. The van der Waals surface area contributed by atoms with Crippen molar-refractivity contribution in [3.8, 4) is 0 Å². The van der Waals surface area contributed by atoms with Gasteiger partial charge in [0.05, 0.1) is 22.3 Å². The number of hydrogen-bond donors (Lipinski definition) is 0. The van der Waals surface area contributed by atoms with E-state index >= 15 is 0 Å². The number of hydrogen-bond acceptors (Lipinski definition) is 5. The van der Waals surface area contributed by atoms with Crippen LogP contribution in [-0.2, 0) is 11.3 Å². The lowest BCUT2D eigenvalue weighted by Gasteiger charge is -2.35. The Balaban J connectivity index is 1.35. The van der Waals surface area contributed by atoms with Gasteiger partial charge in [-0.1, -0.05) is 11.6 Å². The average Bonchev–Trinajstić information content (AvgIpc) is 3.07. The average molecular weight is 477 g/mol. The van der Waals surface area contributed by atoms with Crippen molar-refractivity contribution in [1.82, 2.24) is 19.4 Å². The Morgan fingerprint density at radius 3 is 2.53 bits per heavy atom. The van der Waals surface area contributed by atoms with Crippen molar-refractivity contribution in [2.45, 2.75) is 26.8 Å². The van der Waals surface area contributed by atoms with Crippen molar-refractivity contribution in [3.63, 3.8) is 0 Å². The van der Waals surface area contributed by atoms with Crippen LogP contribution < -0.4 is 5.56 Å². The summed E-state index contributed by atoms with van der Waals surface area (Å²) < 4.78 is 14.7. The minimum Gasteiger partial charge on any atom is -0.339 e. The molecule has 4 rings (SSSR count). The number of aryl methyl sites for hydroxylation is 3. The van der Waals surface area contributed by atoms with Gasteiger partial charge in [0.15, 0.2) is 0 Å². The lowest BCUT2D eigenvalue weighted by atomic mass is 10.1. The molecule has 0 atom stereocenters. The summed E-state index contributed by atoms with van der Waals surface area (Å²) in [5.74, 6) is -0.865. The molecule has 0 saturated carbocycles. The first-order valence-electron chi connectivity index (χ1n) is 10.2. The Hall–Kier alpha value is -2.78. The van der Waals surface area contributed by atoms with E-state index < -0.39 is 5.82 Å². The van der Waals surface area contributed by atoms with Gasteiger partial charge < -0.3 is 9.80 Å². The minimum atomic E-state index is -0.500. The molecule has 3 heterocycles. The summed E-state index contributed by atoms with van der Waals surface area (Å²) in [5, 5.41) is 0.689. The number of amides is 2. The summed E-state index contributed by atoms with van der Waals surface area (Å²) in [7, 11) is 0. The summed E-state index contributed by atoms with van der Waals surface area (Å²) in [6.45, 7) is 5.62. The maximum atomic E-state index is 13.2. The molecule has 0 aliphatic carbocycles. The van der Waals surface area contributed by atoms with Gasteiger partial charge in [0.2, 0.25) is 5.91 Å². The third-order valence-corrected chi connectivity index (χ3v) is 7.23. The summed E-state index contributed by atoms with van der Waals surface area (Å²) in [6, 6.07) is 3.68. The van der Waals surface area contributed by atoms with Crippen LogP contribution in [0.1, 0.15) is 27.2 Å². The van der Waals surface area contributed by atoms with Crippen molar-refractivity contribution >= 4 is 45.0 Å². The molecule has 0 N–H and O–H groups in total. The second kappa shape index (κ2) is 8.99. The Morgan fingerprint density at radius 2 is 1.84 bits per heavy atom. The standard InChI is InChI=1S/C22H22ClFN4O3S/c1-13-14(2)32-20-19(13)22(31)28(12-25-20)6-5-18(29)26-7-9-27(10-8-26)21(30)16-4-3-15(24)11-17(16)23/h3-4,11-12H,5-10H2,1-2H3. The third-order valence-electron chi connectivity index (χ3n) is 5.80. The molecule has 1 aliphatic heterocycles. The molecule has 168 valence electrons. The normalized spacial score (nSPS) is 14.2. The lowest BCUT2D eigenvalue weighted by Crippen LogP contribution is -2.50. The van der Waals surface area contributed by atoms with E-state index in [9.17, 15) is 18.8 Å². The fourth-order valence-corrected chi connectivity index (χ4v) is 5.03. The summed E-state index contributed by atoms with van der Waals surface area (Å²) in [5.41, 5.74) is 1.05. The van der Waals surface area contributed by atoms with Gasteiger partial charge in [-0.15, -0.1) is 11.3 Å². The lowest BCUT2D eigenvalue weighted by molar-refractivity contribution is -0.132. The first kappa shape index (κ1) is 22.4. The number of rotatable bonds is 4. The molecule has 1 fully saturated rings. The second-order valence-electron chi connectivity index (χ2n) is 7.75. The number of thiophene rings is 1. The predicted molar refractivity (Wildman–Crippen MR) is 122 cm³/mol. The Kier molecular flexibility index (Phi) is 6.30. The van der Waals surface area contributed by atoms with E-state index in [0.717, 1.165) is 21.3 Å². The first-order chi connectivity index (χ1) is 15.3. The van der Waals surface area contributed by atoms with Gasteiger partial charge in [-0.3, -0.25) is 19.0 Å². The van der Waals surface area contributed by atoms with E-state index in [1.54, 1.807) is 9.80 Å². The van der Waals surface area contributed by atoms with Crippen LogP contribution in [0.3, 0.4) is 0 Å². The van der Waals surface area contributed by atoms with Crippen LogP contribution in [0, 0.1) is 19.7 Å². The van der Waals surface area contributed by atoms with Gasteiger partial charge in [0.25, 0.3) is 11.5 Å². The number of halogens is 2. The Bertz CT molecular complexity index is 1260. The van der Waals surface area contributed by atoms with E-state index in [4.69, 9.17) is 11.6 Å². The van der Waals surface area contributed by atoms with E-state index in [-0.39, 0.29) is 40.9 Å². The number of benzene rings is 1. The van der Waals surface area contributed by atoms with E-state index in [2.05, 4.69) is 4.98 Å². The molecular formula is C22H22ClFN4O3S. The smallest absolute Gasteiger partial charge is 0.262 e. The largest absolute Gasteiger partial charge is 0.339 e. The van der Waals surface area contributed by atoms with Crippen LogP contribution in [0.4, 0.5) is 4.39 Å². The number of piperazine rings is 1. The molecule has 0 unspecified atom stereocenters. The molecule has 0 radical (unpaired) electrons. The summed E-state index contributed by atoms with van der Waals surface area (Å²) in [4.78, 5) is 47.6. The van der Waals surface area contributed by atoms with E-state index in [0.29, 0.717) is 31.6 Å². The monoisotopic (exact) mass is 476 g/mol. The Labute approximate surface area is 193 Å². The fraction of sp³-hybridized carbons (Fsp3) is 0.364. The molecule has 1 saturated heterocycles. The van der Waals surface area contributed by atoms with Crippen molar-refractivity contribution in [3.05, 3.63) is 61.7 Å². The van der Waals surface area contributed by atoms with Crippen molar-refractivity contribution in [1.29, 1.82) is 0 Å². The number of carbonyl (C=O) groups excluding carboxylic acids is 2. The van der Waals surface area contributed by atoms with Crippen molar-refractivity contribution in [2.24, 2.45) is 0 Å². The van der Waals surface area contributed by atoms with Crippen LogP contribution in [-0.4, -0.2) is 57.3 Å². The van der Waals surface area contributed by atoms with Crippen LogP contribution in [0.15, 0.2) is 29.3 Å². The molecule has 2 amide bonds. The highest BCUT2D eigenvalue weighted by Crippen LogP contribution is 2.25. The zero-order valence-corrected chi connectivity index (χ0v) is 19.3. The highest BCUT2D eigenvalue weighted by molar-refractivity contribution is 7.18. The number of carbonyl (C=O) groups is 2. The molecule has 10 heteroatoms. The molecule has 0 spiro atoms. The maximum absolute atomic E-state index is 13.2. The van der Waals surface area contributed by atoms with Crippen molar-refractivity contribution < 1.29 is 14.0 Å². The van der Waals surface area contributed by atoms with Gasteiger partial charge in [-0.25, -0.2) is 9.37 Å². The highest BCUT2D eigenvalue weighted by Gasteiger charge is 2.26. The molecule has 2 aromatic heterocycles. The SMILES string of the molecule is Cc1sc2ncn(CCC(=O)N3CCN(C(=O)c4ccc(F)cc4Cl)CC3)c(=O)c2c1C. The second-order valence-corrected chi connectivity index (χ2v) is 9.36. The topological polar surface area (TPSA) is 75.5 Å². The Morgan fingerprint density at radius 1 is 1.16 bits per heavy atom. The van der Waals surface area contributed by atoms with E-state index in [1.807, 2.05) is 13.8 Å². The van der Waals surface area contributed by atoms with Gasteiger partial charge >= 0.3 is 0 Å². The predicted octanol–water partition coefficient (Wildman–Crippen LogP) is 3.24. The van der Waals surface area contributed by atoms with Crippen LogP contribution >= 0.6 is 22.9 Å². The molecular weight excluding hydrogens is 455 g/mol. The number of nitrogens with zero attached hydrogens (tertiary/aromatic N) is 4. The summed E-state index contributed by atoms with van der Waals surface area (Å²) >= 11 is 7.49. The minimum absolute atomic E-state index is 0.0700. The highest BCUT2D eigenvalue weighted by atomic mass is 35.5. The molecule has 3 aromatic rings. The number of aromatic nitrogens is 2. The maximum Gasteiger partial charge on any atom is 0.262 e. The molecule has 7 nitrogen and oxygen atoms in total. The van der Waals surface area contributed by atoms with Gasteiger partial charge in [0.1, 0.15) is 10.6 Å². The quantitative estimate of drug-likeness (QED) is 0.579. The number of fused-ring (bicyclic) bond motifs is 1. The molecule has 1 aromatic carbocycles. The molecule has 32 heavy (non-hydrogen) atoms. The van der Waals surface area contributed by atoms with Gasteiger partial charge in [0, 0.05) is 44.0 Å². The first-order valence-corrected chi connectivity index (χ1v) is 11.4. The van der Waals surface area contributed by atoms with Gasteiger partial charge in [-0.2, -0.15) is 0 Å². The molecule has 0 bridgehead atoms. The van der Waals surface area contributed by atoms with Crippen LogP contribution in [0.25, 0.3) is 10.2 Å². The molecule has 1 aliphatic rings. The fourth-order valence-electron chi connectivity index (χ4n) is 3.80. The van der Waals surface area contributed by atoms with Crippen LogP contribution in [0.2, 0.25) is 5.02 Å². The van der Waals surface area contributed by atoms with Gasteiger partial charge in [-0.05, 0) is 37.6 Å². The van der Waals surface area contributed by atoms with Crippen LogP contribution in [0.5, 0.6) is 0 Å². The zero-order valence-electron chi connectivity index (χ0n) is 17.7.